The van der Waals surface area contributed by atoms with Gasteiger partial charge >= 0.3 is 6.03 Å². The van der Waals surface area contributed by atoms with E-state index < -0.39 is 12.1 Å². The third kappa shape index (κ3) is 6.16. The molecule has 1 N–H and O–H groups in total. The van der Waals surface area contributed by atoms with Crippen LogP contribution in [-0.4, -0.2) is 67.0 Å². The Bertz CT molecular complexity index is 1480. The largest absolute Gasteiger partial charge is 0.497 e. The molecule has 0 unspecified atom stereocenters. The predicted octanol–water partition coefficient (Wildman–Crippen LogP) is 5.63. The fraction of sp³-hybridized carbons (Fsp3) is 0.344. The average molecular weight is 591 g/mol. The lowest BCUT2D eigenvalue weighted by Gasteiger charge is -2.36. The molecule has 9 nitrogen and oxygen atoms in total. The molecule has 3 amide bonds. The van der Waals surface area contributed by atoms with Crippen molar-refractivity contribution in [3.8, 4) is 17.2 Å². The van der Waals surface area contributed by atoms with E-state index in [4.69, 9.17) is 30.8 Å². The van der Waals surface area contributed by atoms with Gasteiger partial charge in [0.15, 0.2) is 0 Å². The van der Waals surface area contributed by atoms with Crippen LogP contribution in [0, 0.1) is 0 Å². The monoisotopic (exact) mass is 590 g/mol. The van der Waals surface area contributed by atoms with Crippen LogP contribution < -0.4 is 19.5 Å². The zero-order chi connectivity index (χ0) is 29.8. The van der Waals surface area contributed by atoms with Gasteiger partial charge in [-0.15, -0.1) is 0 Å². The Morgan fingerprint density at radius 2 is 1.86 bits per heavy atom. The van der Waals surface area contributed by atoms with Crippen LogP contribution >= 0.6 is 11.6 Å². The van der Waals surface area contributed by atoms with Crippen molar-refractivity contribution in [3.63, 3.8) is 0 Å². The molecular formula is C32H35ClN4O5. The number of aliphatic imine (C=N–C) groups is 1. The minimum atomic E-state index is -0.541. The number of amidine groups is 1. The van der Waals surface area contributed by atoms with Crippen LogP contribution in [0.15, 0.2) is 71.7 Å². The summed E-state index contributed by atoms with van der Waals surface area (Å²) in [5.74, 6) is 2.11. The first-order valence-electron chi connectivity index (χ1n) is 14.0. The maximum atomic E-state index is 14.5. The Hall–Kier alpha value is -4.24. The normalized spacial score (nSPS) is 18.5. The number of ether oxygens (including phenoxy) is 3. The number of hydrogen-bond donors (Lipinski definition) is 1. The zero-order valence-corrected chi connectivity index (χ0v) is 24.9. The number of halogens is 1. The van der Waals surface area contributed by atoms with Gasteiger partial charge in [-0.25, -0.2) is 4.79 Å². The quantitative estimate of drug-likeness (QED) is 0.367. The SMILES string of the molecule is CCOc1cccc([C@@H]2N=C(c3ccc(OC)cc3OC(C)C)N(C(=O)N3CCNC(=O)C3)[C@@H]2c2ccc(Cl)cc2)c1. The fourth-order valence-electron chi connectivity index (χ4n) is 5.27. The molecule has 1 saturated heterocycles. The lowest BCUT2D eigenvalue weighted by atomic mass is 9.93. The highest BCUT2D eigenvalue weighted by molar-refractivity contribution is 6.30. The number of nitrogens with one attached hydrogen (secondary N) is 1. The minimum absolute atomic E-state index is 0.0432. The van der Waals surface area contributed by atoms with Gasteiger partial charge in [-0.05, 0) is 68.3 Å². The van der Waals surface area contributed by atoms with E-state index in [9.17, 15) is 9.59 Å². The maximum Gasteiger partial charge on any atom is 0.326 e. The van der Waals surface area contributed by atoms with Crippen LogP contribution in [0.3, 0.4) is 0 Å². The van der Waals surface area contributed by atoms with Crippen LogP contribution in [0.2, 0.25) is 5.02 Å². The highest BCUT2D eigenvalue weighted by atomic mass is 35.5. The van der Waals surface area contributed by atoms with Crippen molar-refractivity contribution in [2.75, 3.05) is 33.4 Å². The molecule has 2 heterocycles. The van der Waals surface area contributed by atoms with Crippen LogP contribution in [0.4, 0.5) is 4.79 Å². The number of methoxy groups -OCH3 is 1. The summed E-state index contributed by atoms with van der Waals surface area (Å²) in [5.41, 5.74) is 2.37. The Morgan fingerprint density at radius 1 is 1.07 bits per heavy atom. The number of piperazine rings is 1. The van der Waals surface area contributed by atoms with Crippen molar-refractivity contribution in [2.24, 2.45) is 4.99 Å². The molecule has 2 aliphatic heterocycles. The number of hydrogen-bond acceptors (Lipinski definition) is 6. The first kappa shape index (κ1) is 29.3. The molecule has 2 aliphatic rings. The van der Waals surface area contributed by atoms with E-state index in [0.717, 1.165) is 11.1 Å². The molecule has 5 rings (SSSR count). The Kier molecular flexibility index (Phi) is 8.87. The average Bonchev–Trinajstić information content (AvgIpc) is 3.37. The lowest BCUT2D eigenvalue weighted by molar-refractivity contribution is -0.123. The molecule has 10 heteroatoms. The van der Waals surface area contributed by atoms with Gasteiger partial charge in [0.1, 0.15) is 35.7 Å². The number of benzene rings is 3. The van der Waals surface area contributed by atoms with Crippen LogP contribution in [0.1, 0.15) is 49.5 Å². The number of amides is 3. The third-order valence-electron chi connectivity index (χ3n) is 7.10. The van der Waals surface area contributed by atoms with Gasteiger partial charge in [-0.2, -0.15) is 0 Å². The summed E-state index contributed by atoms with van der Waals surface area (Å²) in [6, 6.07) is 19.3. The van der Waals surface area contributed by atoms with Gasteiger partial charge in [-0.1, -0.05) is 35.9 Å². The molecule has 0 bridgehead atoms. The standard InChI is InChI=1S/C32H35ClN4O5/c1-5-41-25-8-6-7-22(17-25)29-30(21-9-11-23(33)12-10-21)37(32(39)36-16-15-34-28(38)19-36)31(35-29)26-14-13-24(40-4)18-27(26)42-20(2)3/h6-14,17-18,20,29-30H,5,15-16,19H2,1-4H3,(H,34,38)/t29-,30+/m0/s1. The first-order chi connectivity index (χ1) is 20.3. The molecule has 42 heavy (non-hydrogen) atoms. The summed E-state index contributed by atoms with van der Waals surface area (Å²) in [6.07, 6.45) is -0.140. The van der Waals surface area contributed by atoms with Gasteiger partial charge in [0.05, 0.1) is 31.4 Å². The highest BCUT2D eigenvalue weighted by Gasteiger charge is 2.45. The predicted molar refractivity (Wildman–Crippen MR) is 162 cm³/mol. The number of nitrogens with zero attached hydrogens (tertiary/aromatic N) is 3. The zero-order valence-electron chi connectivity index (χ0n) is 24.2. The first-order valence-corrected chi connectivity index (χ1v) is 14.4. The summed E-state index contributed by atoms with van der Waals surface area (Å²) < 4.78 is 17.5. The Balaban J connectivity index is 1.71. The van der Waals surface area contributed by atoms with Gasteiger partial charge in [0.2, 0.25) is 5.91 Å². The highest BCUT2D eigenvalue weighted by Crippen LogP contribution is 2.46. The molecule has 0 radical (unpaired) electrons. The van der Waals surface area contributed by atoms with E-state index in [1.165, 1.54) is 0 Å². The van der Waals surface area contributed by atoms with E-state index in [0.29, 0.717) is 53.4 Å². The van der Waals surface area contributed by atoms with E-state index in [2.05, 4.69) is 5.32 Å². The van der Waals surface area contributed by atoms with Crippen LogP contribution in [-0.2, 0) is 4.79 Å². The third-order valence-corrected chi connectivity index (χ3v) is 7.35. The van der Waals surface area contributed by atoms with E-state index in [1.807, 2.05) is 69.3 Å². The van der Waals surface area contributed by atoms with E-state index >= 15 is 0 Å². The van der Waals surface area contributed by atoms with Crippen LogP contribution in [0.25, 0.3) is 0 Å². The molecular weight excluding hydrogens is 556 g/mol. The second kappa shape index (κ2) is 12.7. The summed E-state index contributed by atoms with van der Waals surface area (Å²) in [6.45, 7) is 7.04. The molecule has 0 spiro atoms. The van der Waals surface area contributed by atoms with Gasteiger partial charge < -0.3 is 24.4 Å². The van der Waals surface area contributed by atoms with Crippen LogP contribution in [0.5, 0.6) is 17.2 Å². The molecule has 1 fully saturated rings. The van der Waals surface area contributed by atoms with E-state index in [1.54, 1.807) is 35.1 Å². The maximum absolute atomic E-state index is 14.5. The lowest BCUT2D eigenvalue weighted by Crippen LogP contribution is -2.55. The summed E-state index contributed by atoms with van der Waals surface area (Å²) in [7, 11) is 1.59. The van der Waals surface area contributed by atoms with Crippen molar-refractivity contribution in [1.29, 1.82) is 0 Å². The number of urea groups is 1. The number of carbonyl (C=O) groups is 2. The summed E-state index contributed by atoms with van der Waals surface area (Å²) >= 11 is 6.28. The topological polar surface area (TPSA) is 92.7 Å². The van der Waals surface area contributed by atoms with Gasteiger partial charge in [-0.3, -0.25) is 14.7 Å². The molecule has 2 atom stereocenters. The summed E-state index contributed by atoms with van der Waals surface area (Å²) in [4.78, 5) is 35.3. The second-order valence-electron chi connectivity index (χ2n) is 10.4. The fourth-order valence-corrected chi connectivity index (χ4v) is 5.40. The van der Waals surface area contributed by atoms with E-state index in [-0.39, 0.29) is 24.6 Å². The van der Waals surface area contributed by atoms with Crippen molar-refractivity contribution < 1.29 is 23.8 Å². The van der Waals surface area contributed by atoms with Crippen molar-refractivity contribution in [2.45, 2.75) is 39.0 Å². The molecule has 3 aromatic rings. The molecule has 0 saturated carbocycles. The second-order valence-corrected chi connectivity index (χ2v) is 10.8. The van der Waals surface area contributed by atoms with Crippen molar-refractivity contribution >= 4 is 29.4 Å². The number of rotatable bonds is 8. The molecule has 220 valence electrons. The molecule has 0 aromatic heterocycles. The summed E-state index contributed by atoms with van der Waals surface area (Å²) in [5, 5.41) is 3.39. The molecule has 3 aromatic carbocycles. The van der Waals surface area contributed by atoms with Crippen molar-refractivity contribution in [3.05, 3.63) is 88.4 Å². The van der Waals surface area contributed by atoms with Crippen molar-refractivity contribution in [1.82, 2.24) is 15.1 Å². The smallest absolute Gasteiger partial charge is 0.326 e. The Labute approximate surface area is 251 Å². The molecule has 0 aliphatic carbocycles. The Morgan fingerprint density at radius 3 is 2.55 bits per heavy atom. The van der Waals surface area contributed by atoms with Gasteiger partial charge in [0, 0.05) is 24.2 Å². The number of carbonyl (C=O) groups excluding carboxylic acids is 2. The minimum Gasteiger partial charge on any atom is -0.497 e. The van der Waals surface area contributed by atoms with Gasteiger partial charge in [0.25, 0.3) is 0 Å².